The Hall–Kier alpha value is -1.78. The highest BCUT2D eigenvalue weighted by atomic mass is 16.5. The summed E-state index contributed by atoms with van der Waals surface area (Å²) in [5.41, 5.74) is 2.23. The second-order valence-corrected chi connectivity index (χ2v) is 7.55. The Morgan fingerprint density at radius 2 is 1.36 bits per heavy atom. The average Bonchev–Trinajstić information content (AvgIpc) is 2.35. The summed E-state index contributed by atoms with van der Waals surface area (Å²) in [5, 5.41) is 0. The van der Waals surface area contributed by atoms with Gasteiger partial charge in [-0.15, -0.1) is 0 Å². The first-order valence-corrected chi connectivity index (χ1v) is 7.37. The smallest absolute Gasteiger partial charge is 0.313 e. The summed E-state index contributed by atoms with van der Waals surface area (Å²) in [5.74, 6) is -0.905. The highest BCUT2D eigenvalue weighted by Gasteiger charge is 2.29. The molecule has 0 spiro atoms. The van der Waals surface area contributed by atoms with Crippen molar-refractivity contribution in [3.63, 3.8) is 0 Å². The van der Waals surface area contributed by atoms with Crippen molar-refractivity contribution < 1.29 is 14.3 Å². The maximum absolute atomic E-state index is 12.3. The number of hydrogen-bond acceptors (Lipinski definition) is 5. The molecule has 0 atom stereocenters. The summed E-state index contributed by atoms with van der Waals surface area (Å²) in [4.78, 5) is 32.5. The van der Waals surface area contributed by atoms with Crippen LogP contribution in [0.25, 0.3) is 0 Å². The number of ketones is 1. The zero-order valence-corrected chi connectivity index (χ0v) is 14.8. The fourth-order valence-electron chi connectivity index (χ4n) is 2.38. The first-order valence-electron chi connectivity index (χ1n) is 7.37. The predicted octanol–water partition coefficient (Wildman–Crippen LogP) is 3.13. The third kappa shape index (κ3) is 4.12. The third-order valence-electron chi connectivity index (χ3n) is 3.35. The van der Waals surface area contributed by atoms with Crippen molar-refractivity contribution in [1.82, 2.24) is 9.97 Å². The molecule has 0 aliphatic heterocycles. The van der Waals surface area contributed by atoms with Crippen molar-refractivity contribution in [2.45, 2.75) is 65.7 Å². The van der Waals surface area contributed by atoms with Gasteiger partial charge in [-0.05, 0) is 12.5 Å². The molecule has 1 aromatic heterocycles. The van der Waals surface area contributed by atoms with Gasteiger partial charge in [0.25, 0.3) is 0 Å². The van der Waals surface area contributed by atoms with E-state index in [-0.39, 0.29) is 23.1 Å². The number of methoxy groups -OCH3 is 1. The van der Waals surface area contributed by atoms with E-state index in [2.05, 4.69) is 14.7 Å². The van der Waals surface area contributed by atoms with Gasteiger partial charge in [-0.1, -0.05) is 41.5 Å². The van der Waals surface area contributed by atoms with Gasteiger partial charge in [-0.25, -0.2) is 9.97 Å². The number of hydrogen-bond donors (Lipinski definition) is 0. The van der Waals surface area contributed by atoms with E-state index in [0.717, 1.165) is 17.0 Å². The first-order chi connectivity index (χ1) is 9.87. The average molecular weight is 306 g/mol. The fraction of sp³-hybridized carbons (Fsp3) is 0.647. The Balaban J connectivity index is 3.48. The van der Waals surface area contributed by atoms with Crippen LogP contribution in [0.3, 0.4) is 0 Å². The molecule has 1 rings (SSSR count). The van der Waals surface area contributed by atoms with Crippen molar-refractivity contribution in [3.8, 4) is 0 Å². The minimum Gasteiger partial charge on any atom is -0.469 e. The molecule has 1 heterocycles. The number of ether oxygens (including phenoxy) is 1. The minimum absolute atomic E-state index is 0.0887. The van der Waals surface area contributed by atoms with Crippen molar-refractivity contribution in [1.29, 1.82) is 0 Å². The Morgan fingerprint density at radius 1 is 0.955 bits per heavy atom. The van der Waals surface area contributed by atoms with Gasteiger partial charge >= 0.3 is 5.97 Å². The van der Waals surface area contributed by atoms with Crippen LogP contribution >= 0.6 is 0 Å². The van der Waals surface area contributed by atoms with Crippen LogP contribution in [-0.2, 0) is 20.4 Å². The second kappa shape index (κ2) is 6.15. The summed E-state index contributed by atoms with van der Waals surface area (Å²) >= 11 is 0. The normalized spacial score (nSPS) is 12.2. The molecule has 0 bridgehead atoms. The molecular weight excluding hydrogens is 280 g/mol. The van der Waals surface area contributed by atoms with Gasteiger partial charge in [-0.2, -0.15) is 0 Å². The highest BCUT2D eigenvalue weighted by molar-refractivity contribution is 6.03. The summed E-state index contributed by atoms with van der Waals surface area (Å²) < 4.78 is 4.55. The molecule has 0 radical (unpaired) electrons. The summed E-state index contributed by atoms with van der Waals surface area (Å²) in [6.45, 7) is 14.3. The van der Waals surface area contributed by atoms with E-state index in [1.165, 1.54) is 7.11 Å². The van der Waals surface area contributed by atoms with E-state index in [9.17, 15) is 9.59 Å². The summed E-state index contributed by atoms with van der Waals surface area (Å²) in [7, 11) is 1.26. The molecule has 0 aliphatic carbocycles. The van der Waals surface area contributed by atoms with Crippen LogP contribution in [0.4, 0.5) is 0 Å². The quantitative estimate of drug-likeness (QED) is 0.487. The van der Waals surface area contributed by atoms with E-state index in [0.29, 0.717) is 0 Å². The highest BCUT2D eigenvalue weighted by Crippen LogP contribution is 2.31. The summed E-state index contributed by atoms with van der Waals surface area (Å²) in [6, 6.07) is 0. The zero-order valence-electron chi connectivity index (χ0n) is 14.8. The van der Waals surface area contributed by atoms with Gasteiger partial charge in [0, 0.05) is 10.8 Å². The van der Waals surface area contributed by atoms with Crippen LogP contribution in [0.5, 0.6) is 0 Å². The Bertz CT molecular complexity index is 558. The first kappa shape index (κ1) is 18.3. The zero-order chi connectivity index (χ0) is 17.3. The van der Waals surface area contributed by atoms with Gasteiger partial charge in [0.15, 0.2) is 5.82 Å². The van der Waals surface area contributed by atoms with Crippen molar-refractivity contribution in [3.05, 3.63) is 22.8 Å². The fourth-order valence-corrected chi connectivity index (χ4v) is 2.38. The Labute approximate surface area is 132 Å². The predicted molar refractivity (Wildman–Crippen MR) is 85.1 cm³/mol. The van der Waals surface area contributed by atoms with Gasteiger partial charge in [0.1, 0.15) is 6.42 Å². The lowest BCUT2D eigenvalue weighted by atomic mass is 9.82. The van der Waals surface area contributed by atoms with Crippen molar-refractivity contribution in [2.75, 3.05) is 7.11 Å². The van der Waals surface area contributed by atoms with Gasteiger partial charge < -0.3 is 4.74 Å². The van der Waals surface area contributed by atoms with Crippen LogP contribution in [0.15, 0.2) is 0 Å². The standard InChI is InChI=1S/C17H26N2O3/c1-10-13(16(2,3)4)18-15(11(20)9-12(21)22-8)19-14(10)17(5,6)7/h9H2,1-8H3. The monoisotopic (exact) mass is 306 g/mol. The molecule has 0 aromatic carbocycles. The molecule has 0 N–H and O–H groups in total. The van der Waals surface area contributed by atoms with Crippen LogP contribution in [-0.4, -0.2) is 28.8 Å². The molecule has 0 aliphatic rings. The molecule has 0 fully saturated rings. The van der Waals surface area contributed by atoms with E-state index >= 15 is 0 Å². The molecule has 0 amide bonds. The Kier molecular flexibility index (Phi) is 5.10. The summed E-state index contributed by atoms with van der Waals surface area (Å²) in [6.07, 6.45) is -0.341. The van der Waals surface area contributed by atoms with Crippen LogP contribution < -0.4 is 0 Å². The largest absolute Gasteiger partial charge is 0.469 e. The lowest BCUT2D eigenvalue weighted by molar-refractivity contribution is -0.139. The molecule has 0 saturated carbocycles. The topological polar surface area (TPSA) is 69.2 Å². The molecular formula is C17H26N2O3. The molecule has 5 nitrogen and oxygen atoms in total. The lowest BCUT2D eigenvalue weighted by Crippen LogP contribution is -2.26. The molecule has 5 heteroatoms. The van der Waals surface area contributed by atoms with Crippen molar-refractivity contribution in [2.24, 2.45) is 0 Å². The number of rotatable bonds is 3. The van der Waals surface area contributed by atoms with Gasteiger partial charge in [0.05, 0.1) is 18.5 Å². The second-order valence-electron chi connectivity index (χ2n) is 7.55. The number of esters is 1. The number of Topliss-reactive ketones (excluding diaryl/α,β-unsaturated/α-hetero) is 1. The molecule has 0 unspecified atom stereocenters. The Morgan fingerprint density at radius 3 is 1.68 bits per heavy atom. The van der Waals surface area contributed by atoms with E-state index in [1.54, 1.807) is 0 Å². The maximum Gasteiger partial charge on any atom is 0.313 e. The van der Waals surface area contributed by atoms with E-state index in [1.807, 2.05) is 48.5 Å². The number of carbonyl (C=O) groups is 2. The number of aromatic nitrogens is 2. The molecule has 1 aromatic rings. The molecule has 22 heavy (non-hydrogen) atoms. The van der Waals surface area contributed by atoms with Gasteiger partial charge in [-0.3, -0.25) is 9.59 Å². The van der Waals surface area contributed by atoms with Crippen LogP contribution in [0.1, 0.15) is 75.5 Å². The van der Waals surface area contributed by atoms with Crippen LogP contribution in [0.2, 0.25) is 0 Å². The lowest BCUT2D eigenvalue weighted by Gasteiger charge is -2.27. The van der Waals surface area contributed by atoms with E-state index < -0.39 is 11.8 Å². The van der Waals surface area contributed by atoms with Crippen molar-refractivity contribution >= 4 is 11.8 Å². The maximum atomic E-state index is 12.3. The van der Waals surface area contributed by atoms with Crippen LogP contribution in [0, 0.1) is 6.92 Å². The van der Waals surface area contributed by atoms with Gasteiger partial charge in [0.2, 0.25) is 5.78 Å². The number of nitrogens with zero attached hydrogens (tertiary/aromatic N) is 2. The third-order valence-corrected chi connectivity index (χ3v) is 3.35. The molecule has 0 saturated heterocycles. The molecule has 122 valence electrons. The SMILES string of the molecule is COC(=O)CC(=O)c1nc(C(C)(C)C)c(C)c(C(C)(C)C)n1. The van der Waals surface area contributed by atoms with E-state index in [4.69, 9.17) is 0 Å². The number of carbonyl (C=O) groups excluding carboxylic acids is 2. The minimum atomic E-state index is -0.580.